The summed E-state index contributed by atoms with van der Waals surface area (Å²) in [6.07, 6.45) is 1.54. The van der Waals surface area contributed by atoms with Crippen LogP contribution in [0.15, 0.2) is 28.7 Å². The van der Waals surface area contributed by atoms with Crippen LogP contribution in [0.4, 0.5) is 5.82 Å². The Hall–Kier alpha value is -1.51. The van der Waals surface area contributed by atoms with Gasteiger partial charge in [-0.25, -0.2) is 23.1 Å². The Morgan fingerprint density at radius 2 is 2.16 bits per heavy atom. The van der Waals surface area contributed by atoms with E-state index in [9.17, 15) is 8.42 Å². The van der Waals surface area contributed by atoms with Crippen molar-refractivity contribution in [1.29, 1.82) is 0 Å². The lowest BCUT2D eigenvalue weighted by Gasteiger charge is -2.09. The highest BCUT2D eigenvalue weighted by Crippen LogP contribution is 2.18. The summed E-state index contributed by atoms with van der Waals surface area (Å²) in [4.78, 5) is 9.11. The van der Waals surface area contributed by atoms with E-state index >= 15 is 0 Å². The number of nitrogens with one attached hydrogen (secondary N) is 2. The van der Waals surface area contributed by atoms with Gasteiger partial charge in [0.25, 0.3) is 0 Å². The quantitative estimate of drug-likeness (QED) is 0.871. The number of thiazole rings is 1. The van der Waals surface area contributed by atoms with Gasteiger partial charge < -0.3 is 5.32 Å². The molecule has 102 valence electrons. The van der Waals surface area contributed by atoms with E-state index in [-0.39, 0.29) is 11.4 Å². The molecule has 0 fully saturated rings. The molecule has 0 atom stereocenters. The zero-order chi connectivity index (χ0) is 13.9. The van der Waals surface area contributed by atoms with Crippen LogP contribution in [0, 0.1) is 6.92 Å². The molecule has 0 amide bonds. The van der Waals surface area contributed by atoms with E-state index in [1.165, 1.54) is 23.6 Å². The van der Waals surface area contributed by atoms with Crippen molar-refractivity contribution in [3.05, 3.63) is 34.4 Å². The minimum absolute atomic E-state index is 0.139. The molecule has 0 aromatic carbocycles. The van der Waals surface area contributed by atoms with Crippen molar-refractivity contribution < 1.29 is 8.42 Å². The van der Waals surface area contributed by atoms with E-state index in [0.717, 1.165) is 10.6 Å². The molecule has 0 bridgehead atoms. The summed E-state index contributed by atoms with van der Waals surface area (Å²) >= 11 is 1.43. The van der Waals surface area contributed by atoms with Gasteiger partial charge in [-0.05, 0) is 19.1 Å². The summed E-state index contributed by atoms with van der Waals surface area (Å²) in [5.74, 6) is 0.330. The van der Waals surface area contributed by atoms with Crippen LogP contribution in [0.1, 0.15) is 10.6 Å². The number of aryl methyl sites for hydroxylation is 1. The second kappa shape index (κ2) is 5.64. The summed E-state index contributed by atoms with van der Waals surface area (Å²) in [6.45, 7) is 2.08. The van der Waals surface area contributed by atoms with Crippen molar-refractivity contribution in [2.75, 3.05) is 12.4 Å². The lowest BCUT2D eigenvalue weighted by atomic mass is 10.4. The van der Waals surface area contributed by atoms with Crippen LogP contribution >= 0.6 is 11.3 Å². The Morgan fingerprint density at radius 3 is 2.79 bits per heavy atom. The zero-order valence-corrected chi connectivity index (χ0v) is 12.2. The van der Waals surface area contributed by atoms with Gasteiger partial charge in [-0.1, -0.05) is 0 Å². The maximum atomic E-state index is 12.2. The average Bonchev–Trinajstić information content (AvgIpc) is 2.82. The van der Waals surface area contributed by atoms with Crippen LogP contribution in [0.3, 0.4) is 0 Å². The topological polar surface area (TPSA) is 84.0 Å². The first-order valence-electron chi connectivity index (χ1n) is 5.56. The third-order valence-corrected chi connectivity index (χ3v) is 4.93. The standard InChI is InChI=1S/C11H14N4O2S2/c1-8-9(18-7-14-8)6-15-19(16,17)10-4-3-5-13-11(10)12-2/h3-5,7,15H,6H2,1-2H3,(H,12,13). The molecule has 0 spiro atoms. The fourth-order valence-electron chi connectivity index (χ4n) is 1.53. The lowest BCUT2D eigenvalue weighted by Crippen LogP contribution is -2.24. The lowest BCUT2D eigenvalue weighted by molar-refractivity contribution is 0.581. The summed E-state index contributed by atoms with van der Waals surface area (Å²) in [7, 11) is -1.96. The van der Waals surface area contributed by atoms with Gasteiger partial charge in [0.2, 0.25) is 10.0 Å². The molecule has 0 radical (unpaired) electrons. The molecule has 2 heterocycles. The number of rotatable bonds is 5. The van der Waals surface area contributed by atoms with Crippen LogP contribution in [-0.2, 0) is 16.6 Å². The highest BCUT2D eigenvalue weighted by atomic mass is 32.2. The van der Waals surface area contributed by atoms with Crippen molar-refractivity contribution in [1.82, 2.24) is 14.7 Å². The van der Waals surface area contributed by atoms with Crippen molar-refractivity contribution >= 4 is 27.2 Å². The molecule has 2 aromatic rings. The summed E-state index contributed by atoms with van der Waals surface area (Å²) in [6, 6.07) is 3.11. The van der Waals surface area contributed by atoms with E-state index in [1.54, 1.807) is 18.6 Å². The number of anilines is 1. The van der Waals surface area contributed by atoms with Gasteiger partial charge in [-0.2, -0.15) is 0 Å². The fourth-order valence-corrected chi connectivity index (χ4v) is 3.49. The molecule has 6 nitrogen and oxygen atoms in total. The Kier molecular flexibility index (Phi) is 4.13. The Bertz CT molecular complexity index is 667. The molecular weight excluding hydrogens is 284 g/mol. The maximum Gasteiger partial charge on any atom is 0.244 e. The summed E-state index contributed by atoms with van der Waals surface area (Å²) in [5, 5.41) is 2.77. The van der Waals surface area contributed by atoms with Gasteiger partial charge >= 0.3 is 0 Å². The molecule has 19 heavy (non-hydrogen) atoms. The minimum atomic E-state index is -3.59. The molecule has 0 aliphatic carbocycles. The molecule has 0 saturated heterocycles. The second-order valence-corrected chi connectivity index (χ2v) is 6.46. The molecular formula is C11H14N4O2S2. The second-order valence-electron chi connectivity index (χ2n) is 3.79. The Morgan fingerprint density at radius 1 is 1.37 bits per heavy atom. The molecule has 2 N–H and O–H groups in total. The predicted octanol–water partition coefficient (Wildman–Crippen LogP) is 1.37. The number of nitrogens with zero attached hydrogens (tertiary/aromatic N) is 2. The van der Waals surface area contributed by atoms with Crippen molar-refractivity contribution in [2.24, 2.45) is 0 Å². The smallest absolute Gasteiger partial charge is 0.244 e. The number of sulfonamides is 1. The molecule has 8 heteroatoms. The number of hydrogen-bond donors (Lipinski definition) is 2. The highest BCUT2D eigenvalue weighted by molar-refractivity contribution is 7.89. The van der Waals surface area contributed by atoms with Crippen molar-refractivity contribution in [3.8, 4) is 0 Å². The van der Waals surface area contributed by atoms with Crippen molar-refractivity contribution in [3.63, 3.8) is 0 Å². The Balaban J connectivity index is 2.21. The van der Waals surface area contributed by atoms with E-state index < -0.39 is 10.0 Å². The van der Waals surface area contributed by atoms with Crippen LogP contribution < -0.4 is 10.0 Å². The third-order valence-electron chi connectivity index (χ3n) is 2.56. The minimum Gasteiger partial charge on any atom is -0.372 e. The number of aromatic nitrogens is 2. The van der Waals surface area contributed by atoms with Crippen LogP contribution in [0.5, 0.6) is 0 Å². The van der Waals surface area contributed by atoms with Crippen LogP contribution in [0.25, 0.3) is 0 Å². The number of pyridine rings is 1. The molecule has 0 unspecified atom stereocenters. The monoisotopic (exact) mass is 298 g/mol. The predicted molar refractivity (Wildman–Crippen MR) is 74.7 cm³/mol. The molecule has 0 aliphatic heterocycles. The van der Waals surface area contributed by atoms with Gasteiger partial charge in [-0.3, -0.25) is 0 Å². The van der Waals surface area contributed by atoms with E-state index in [4.69, 9.17) is 0 Å². The normalized spacial score (nSPS) is 11.5. The highest BCUT2D eigenvalue weighted by Gasteiger charge is 2.19. The Labute approximate surface area is 116 Å². The molecule has 2 rings (SSSR count). The largest absolute Gasteiger partial charge is 0.372 e. The van der Waals surface area contributed by atoms with Crippen LogP contribution in [-0.4, -0.2) is 25.4 Å². The third kappa shape index (κ3) is 3.09. The SMILES string of the molecule is CNc1ncccc1S(=O)(=O)NCc1scnc1C. The van der Waals surface area contributed by atoms with E-state index in [2.05, 4.69) is 20.0 Å². The van der Waals surface area contributed by atoms with Crippen molar-refractivity contribution in [2.45, 2.75) is 18.4 Å². The van der Waals surface area contributed by atoms with E-state index in [0.29, 0.717) is 5.82 Å². The number of hydrogen-bond acceptors (Lipinski definition) is 6. The first-order valence-corrected chi connectivity index (χ1v) is 7.92. The first-order chi connectivity index (χ1) is 9.04. The van der Waals surface area contributed by atoms with Gasteiger partial charge in [0.1, 0.15) is 10.7 Å². The molecule has 0 saturated carbocycles. The summed E-state index contributed by atoms with van der Waals surface area (Å²) < 4.78 is 27.0. The molecule has 0 aliphatic rings. The van der Waals surface area contributed by atoms with Gasteiger partial charge in [0.05, 0.1) is 11.2 Å². The van der Waals surface area contributed by atoms with Gasteiger partial charge in [0, 0.05) is 24.7 Å². The first kappa shape index (κ1) is 13.9. The average molecular weight is 298 g/mol. The maximum absolute atomic E-state index is 12.2. The van der Waals surface area contributed by atoms with E-state index in [1.807, 2.05) is 6.92 Å². The zero-order valence-electron chi connectivity index (χ0n) is 10.5. The fraction of sp³-hybridized carbons (Fsp3) is 0.273. The van der Waals surface area contributed by atoms with Gasteiger partial charge in [0.15, 0.2) is 0 Å². The summed E-state index contributed by atoms with van der Waals surface area (Å²) in [5.41, 5.74) is 2.54. The van der Waals surface area contributed by atoms with Crippen LogP contribution in [0.2, 0.25) is 0 Å². The molecule has 2 aromatic heterocycles. The van der Waals surface area contributed by atoms with Gasteiger partial charge in [-0.15, -0.1) is 11.3 Å².